The second kappa shape index (κ2) is 3.13. The number of hydrogen-bond donors (Lipinski definition) is 2. The summed E-state index contributed by atoms with van der Waals surface area (Å²) in [5, 5.41) is 30.1. The molecule has 2 aromatic rings. The lowest BCUT2D eigenvalue weighted by Gasteiger charge is -2.01. The van der Waals surface area contributed by atoms with Crippen molar-refractivity contribution in [2.24, 2.45) is 0 Å². The first-order valence-corrected chi connectivity index (χ1v) is 4.18. The summed E-state index contributed by atoms with van der Waals surface area (Å²) in [5.41, 5.74) is -0.386. The van der Waals surface area contributed by atoms with E-state index in [-0.39, 0.29) is 16.8 Å². The van der Waals surface area contributed by atoms with Crippen LogP contribution < -0.4 is 0 Å². The van der Waals surface area contributed by atoms with Gasteiger partial charge in [0.25, 0.3) is 0 Å². The molecular weight excluding hydrogens is 198 g/mol. The van der Waals surface area contributed by atoms with Crippen LogP contribution in [-0.2, 0) is 0 Å². The average Bonchev–Trinajstić information content (AvgIpc) is 2.16. The van der Waals surface area contributed by atoms with Crippen LogP contribution in [0.15, 0.2) is 30.3 Å². The largest absolute Gasteiger partial charge is 0.508 e. The number of phenols is 2. The third-order valence-electron chi connectivity index (χ3n) is 2.14. The first kappa shape index (κ1) is 9.26. The van der Waals surface area contributed by atoms with Crippen molar-refractivity contribution >= 4 is 16.5 Å². The predicted octanol–water partition coefficient (Wildman–Crippen LogP) is 2.16. The Morgan fingerprint density at radius 2 is 1.80 bits per heavy atom. The van der Waals surface area contributed by atoms with E-state index >= 15 is 0 Å². The van der Waals surface area contributed by atoms with Crippen LogP contribution in [0.5, 0.6) is 11.5 Å². The highest BCUT2D eigenvalue weighted by molar-refractivity contribution is 5.94. The number of phenolic OH excluding ortho intramolecular Hbond substituents is 2. The van der Waals surface area contributed by atoms with Crippen LogP contribution >= 0.6 is 0 Å². The number of fused-ring (bicyclic) bond motifs is 1. The van der Waals surface area contributed by atoms with Gasteiger partial charge in [-0.05, 0) is 23.6 Å². The molecule has 0 bridgehead atoms. The summed E-state index contributed by atoms with van der Waals surface area (Å²) in [6.07, 6.45) is 0. The molecule has 0 aliphatic heterocycles. The Balaban J connectivity index is 2.90. The van der Waals surface area contributed by atoms with E-state index in [0.29, 0.717) is 5.39 Å². The van der Waals surface area contributed by atoms with Gasteiger partial charge in [0.2, 0.25) is 0 Å². The van der Waals surface area contributed by atoms with Crippen LogP contribution in [0.4, 0.5) is 5.69 Å². The molecule has 0 saturated carbocycles. The number of benzene rings is 2. The fraction of sp³-hybridized carbons (Fsp3) is 0. The van der Waals surface area contributed by atoms with Gasteiger partial charge < -0.3 is 10.2 Å². The molecule has 76 valence electrons. The summed E-state index contributed by atoms with van der Waals surface area (Å²) in [4.78, 5) is 10.0. The quantitative estimate of drug-likeness (QED) is 0.551. The lowest BCUT2D eigenvalue weighted by molar-refractivity contribution is -0.384. The van der Waals surface area contributed by atoms with Crippen molar-refractivity contribution < 1.29 is 15.1 Å². The lowest BCUT2D eigenvalue weighted by atomic mass is 10.1. The number of nitro groups is 1. The van der Waals surface area contributed by atoms with Crippen molar-refractivity contribution in [3.63, 3.8) is 0 Å². The first-order valence-electron chi connectivity index (χ1n) is 4.18. The van der Waals surface area contributed by atoms with Crippen LogP contribution in [-0.4, -0.2) is 15.1 Å². The van der Waals surface area contributed by atoms with Crippen molar-refractivity contribution in [3.05, 3.63) is 40.4 Å². The third kappa shape index (κ3) is 1.43. The Hall–Kier alpha value is -2.30. The summed E-state index contributed by atoms with van der Waals surface area (Å²) in [5.74, 6) is -0.477. The maximum atomic E-state index is 10.7. The van der Waals surface area contributed by atoms with Gasteiger partial charge in [0.05, 0.1) is 10.3 Å². The number of nitro benzene ring substituents is 1. The molecule has 0 fully saturated rings. The van der Waals surface area contributed by atoms with E-state index in [2.05, 4.69) is 0 Å². The van der Waals surface area contributed by atoms with Gasteiger partial charge in [0, 0.05) is 0 Å². The minimum Gasteiger partial charge on any atom is -0.508 e. The van der Waals surface area contributed by atoms with Gasteiger partial charge in [-0.1, -0.05) is 12.1 Å². The highest BCUT2D eigenvalue weighted by Gasteiger charge is 2.17. The number of rotatable bonds is 1. The number of nitrogens with zero attached hydrogens (tertiary/aromatic N) is 1. The Labute approximate surface area is 84.4 Å². The van der Waals surface area contributed by atoms with E-state index in [1.165, 1.54) is 18.2 Å². The fourth-order valence-corrected chi connectivity index (χ4v) is 1.47. The smallest absolute Gasteiger partial charge is 0.318 e. The van der Waals surface area contributed by atoms with E-state index < -0.39 is 10.7 Å². The van der Waals surface area contributed by atoms with Gasteiger partial charge in [-0.2, -0.15) is 0 Å². The molecule has 2 rings (SSSR count). The van der Waals surface area contributed by atoms with Crippen LogP contribution in [0.25, 0.3) is 10.8 Å². The molecule has 2 N–H and O–H groups in total. The van der Waals surface area contributed by atoms with Crippen LogP contribution in [0, 0.1) is 10.1 Å². The van der Waals surface area contributed by atoms with Crippen LogP contribution in [0.1, 0.15) is 0 Å². The zero-order valence-electron chi connectivity index (χ0n) is 7.54. The molecule has 0 saturated heterocycles. The third-order valence-corrected chi connectivity index (χ3v) is 2.14. The Kier molecular flexibility index (Phi) is 1.93. The normalized spacial score (nSPS) is 10.4. The Bertz CT molecular complexity index is 545. The van der Waals surface area contributed by atoms with Crippen LogP contribution in [0.2, 0.25) is 0 Å². The van der Waals surface area contributed by atoms with E-state index in [1.807, 2.05) is 0 Å². The first-order chi connectivity index (χ1) is 7.09. The molecule has 0 unspecified atom stereocenters. The minimum atomic E-state index is -0.670. The maximum absolute atomic E-state index is 10.7. The van der Waals surface area contributed by atoms with Crippen molar-refractivity contribution in [1.29, 1.82) is 0 Å². The van der Waals surface area contributed by atoms with E-state index in [1.54, 1.807) is 12.1 Å². The molecular formula is C10H7NO4. The SMILES string of the molecule is O=[N+]([O-])c1c(O)ccc2ccc(O)cc12. The highest BCUT2D eigenvalue weighted by atomic mass is 16.6. The Morgan fingerprint density at radius 3 is 2.47 bits per heavy atom. The fourth-order valence-electron chi connectivity index (χ4n) is 1.47. The molecule has 0 heterocycles. The Morgan fingerprint density at radius 1 is 1.13 bits per heavy atom. The topological polar surface area (TPSA) is 83.6 Å². The molecule has 5 nitrogen and oxygen atoms in total. The second-order valence-corrected chi connectivity index (χ2v) is 3.10. The van der Waals surface area contributed by atoms with Gasteiger partial charge in [-0.15, -0.1) is 0 Å². The molecule has 2 aromatic carbocycles. The van der Waals surface area contributed by atoms with Crippen LogP contribution in [0.3, 0.4) is 0 Å². The summed E-state index contributed by atoms with van der Waals surface area (Å²) in [7, 11) is 0. The van der Waals surface area contributed by atoms with Gasteiger partial charge in [0.1, 0.15) is 5.75 Å². The molecule has 0 aromatic heterocycles. The monoisotopic (exact) mass is 205 g/mol. The average molecular weight is 205 g/mol. The van der Waals surface area contributed by atoms with Crippen molar-refractivity contribution in [2.45, 2.75) is 0 Å². The summed E-state index contributed by atoms with van der Waals surface area (Å²) in [6, 6.07) is 7.06. The number of hydrogen-bond acceptors (Lipinski definition) is 4. The molecule has 0 spiro atoms. The zero-order valence-corrected chi connectivity index (χ0v) is 7.54. The summed E-state index contributed by atoms with van der Waals surface area (Å²) >= 11 is 0. The summed E-state index contributed by atoms with van der Waals surface area (Å²) < 4.78 is 0. The van der Waals surface area contributed by atoms with Crippen molar-refractivity contribution in [1.82, 2.24) is 0 Å². The molecule has 0 amide bonds. The molecule has 0 aliphatic rings. The van der Waals surface area contributed by atoms with Gasteiger partial charge in [0.15, 0.2) is 5.75 Å². The highest BCUT2D eigenvalue weighted by Crippen LogP contribution is 2.35. The van der Waals surface area contributed by atoms with E-state index in [9.17, 15) is 20.3 Å². The van der Waals surface area contributed by atoms with E-state index in [4.69, 9.17) is 0 Å². The second-order valence-electron chi connectivity index (χ2n) is 3.10. The minimum absolute atomic E-state index is 0.0730. The lowest BCUT2D eigenvalue weighted by Crippen LogP contribution is -1.90. The molecule has 0 radical (unpaired) electrons. The van der Waals surface area contributed by atoms with E-state index in [0.717, 1.165) is 0 Å². The predicted molar refractivity (Wildman–Crippen MR) is 53.9 cm³/mol. The standard InChI is InChI=1S/C10H7NO4/c12-7-3-1-6-2-4-9(13)10(11(14)15)8(6)5-7/h1-5,12-13H. The van der Waals surface area contributed by atoms with Crippen molar-refractivity contribution in [2.75, 3.05) is 0 Å². The van der Waals surface area contributed by atoms with Crippen molar-refractivity contribution in [3.8, 4) is 11.5 Å². The van der Waals surface area contributed by atoms with Gasteiger partial charge in [-0.25, -0.2) is 0 Å². The molecule has 0 atom stereocenters. The summed E-state index contributed by atoms with van der Waals surface area (Å²) in [6.45, 7) is 0. The van der Waals surface area contributed by atoms with Gasteiger partial charge >= 0.3 is 5.69 Å². The molecule has 5 heteroatoms. The zero-order chi connectivity index (χ0) is 11.0. The van der Waals surface area contributed by atoms with Gasteiger partial charge in [-0.3, -0.25) is 10.1 Å². The number of aromatic hydroxyl groups is 2. The molecule has 15 heavy (non-hydrogen) atoms. The molecule has 0 aliphatic carbocycles. The maximum Gasteiger partial charge on any atom is 0.318 e.